The van der Waals surface area contributed by atoms with Gasteiger partial charge in [0.05, 0.1) is 6.10 Å². The van der Waals surface area contributed by atoms with Gasteiger partial charge in [0, 0.05) is 43.9 Å². The van der Waals surface area contributed by atoms with Crippen molar-refractivity contribution in [1.82, 2.24) is 14.9 Å². The maximum absolute atomic E-state index is 12.1. The molecule has 1 aromatic heterocycles. The summed E-state index contributed by atoms with van der Waals surface area (Å²) in [5, 5.41) is 3.93. The summed E-state index contributed by atoms with van der Waals surface area (Å²) in [6.45, 7) is 1.40. The first kappa shape index (κ1) is 16.1. The van der Waals surface area contributed by atoms with Gasteiger partial charge in [-0.05, 0) is 30.5 Å². The van der Waals surface area contributed by atoms with Crippen molar-refractivity contribution >= 4 is 17.7 Å². The van der Waals surface area contributed by atoms with E-state index in [9.17, 15) is 4.79 Å². The molecule has 1 aromatic carbocycles. The van der Waals surface area contributed by atoms with E-state index in [1.807, 2.05) is 42.1 Å². The highest BCUT2D eigenvalue weighted by molar-refractivity contribution is 7.98. The van der Waals surface area contributed by atoms with Crippen LogP contribution in [-0.2, 0) is 17.5 Å². The number of thioether (sulfide) groups is 1. The Balaban J connectivity index is 1.49. The topological polar surface area (TPSA) is 56.2 Å². The van der Waals surface area contributed by atoms with Crippen LogP contribution in [0.3, 0.4) is 0 Å². The lowest BCUT2D eigenvalue weighted by molar-refractivity contribution is 0.0858. The van der Waals surface area contributed by atoms with Crippen LogP contribution in [0.2, 0.25) is 0 Å². The zero-order valence-electron chi connectivity index (χ0n) is 13.2. The largest absolute Gasteiger partial charge is 0.376 e. The van der Waals surface area contributed by atoms with Crippen molar-refractivity contribution in [3.63, 3.8) is 0 Å². The fraction of sp³-hybridized carbons (Fsp3) is 0.412. The number of nitrogens with one attached hydrogen (secondary N) is 1. The fourth-order valence-corrected chi connectivity index (χ4v) is 3.39. The zero-order chi connectivity index (χ0) is 16.1. The molecule has 1 aliphatic heterocycles. The summed E-state index contributed by atoms with van der Waals surface area (Å²) >= 11 is 1.68. The fourth-order valence-electron chi connectivity index (χ4n) is 2.51. The highest BCUT2D eigenvalue weighted by Gasteiger charge is 2.16. The number of hydrogen-bond donors (Lipinski definition) is 1. The minimum Gasteiger partial charge on any atom is -0.376 e. The molecule has 3 rings (SSSR count). The average Bonchev–Trinajstić information content (AvgIpc) is 3.23. The normalized spacial score (nSPS) is 17.3. The van der Waals surface area contributed by atoms with Crippen molar-refractivity contribution in [3.8, 4) is 0 Å². The van der Waals surface area contributed by atoms with Crippen molar-refractivity contribution in [2.45, 2.75) is 29.9 Å². The van der Waals surface area contributed by atoms with Crippen LogP contribution in [-0.4, -0.2) is 34.7 Å². The quantitative estimate of drug-likeness (QED) is 0.827. The van der Waals surface area contributed by atoms with E-state index >= 15 is 0 Å². The first-order chi connectivity index (χ1) is 11.2. The molecule has 1 atom stereocenters. The van der Waals surface area contributed by atoms with Crippen LogP contribution >= 0.6 is 11.8 Å². The predicted octanol–water partition coefficient (Wildman–Crippen LogP) is 2.62. The Morgan fingerprint density at radius 1 is 1.43 bits per heavy atom. The van der Waals surface area contributed by atoms with Gasteiger partial charge < -0.3 is 14.6 Å². The summed E-state index contributed by atoms with van der Waals surface area (Å²) in [4.78, 5) is 16.4. The highest BCUT2D eigenvalue weighted by Crippen LogP contribution is 2.20. The summed E-state index contributed by atoms with van der Waals surface area (Å²) in [6, 6.07) is 7.74. The standard InChI is InChI=1S/C17H21N3O2S/c1-20-9-8-18-17(20)23-12-13-4-6-14(7-5-13)16(21)19-11-15-3-2-10-22-15/h4-9,15H,2-3,10-12H2,1H3,(H,19,21). The molecule has 5 nitrogen and oxygen atoms in total. The van der Waals surface area contributed by atoms with Crippen LogP contribution in [0.5, 0.6) is 0 Å². The second-order valence-corrected chi connectivity index (χ2v) is 6.59. The minimum atomic E-state index is -0.0381. The van der Waals surface area contributed by atoms with E-state index in [1.165, 1.54) is 5.56 Å². The van der Waals surface area contributed by atoms with Crippen LogP contribution in [0.4, 0.5) is 0 Å². The molecule has 1 amide bonds. The summed E-state index contributed by atoms with van der Waals surface area (Å²) in [5.74, 6) is 0.798. The van der Waals surface area contributed by atoms with E-state index in [0.29, 0.717) is 12.1 Å². The van der Waals surface area contributed by atoms with Gasteiger partial charge in [0.15, 0.2) is 5.16 Å². The number of amides is 1. The minimum absolute atomic E-state index is 0.0381. The van der Waals surface area contributed by atoms with Crippen molar-refractivity contribution < 1.29 is 9.53 Å². The predicted molar refractivity (Wildman–Crippen MR) is 90.5 cm³/mol. The molecule has 0 saturated carbocycles. The van der Waals surface area contributed by atoms with Gasteiger partial charge in [0.2, 0.25) is 0 Å². The third-order valence-corrected chi connectivity index (χ3v) is 5.00. The number of carbonyl (C=O) groups excluding carboxylic acids is 1. The SMILES string of the molecule is Cn1ccnc1SCc1ccc(C(=O)NCC2CCCO2)cc1. The van der Waals surface area contributed by atoms with E-state index in [4.69, 9.17) is 4.74 Å². The molecule has 1 saturated heterocycles. The number of imidazole rings is 1. The summed E-state index contributed by atoms with van der Waals surface area (Å²) in [6.07, 6.45) is 6.02. The first-order valence-corrected chi connectivity index (χ1v) is 8.80. The molecule has 122 valence electrons. The maximum atomic E-state index is 12.1. The van der Waals surface area contributed by atoms with Crippen LogP contribution in [0.1, 0.15) is 28.8 Å². The molecule has 2 aromatic rings. The Kier molecular flexibility index (Phi) is 5.35. The van der Waals surface area contributed by atoms with Crippen molar-refractivity contribution in [2.24, 2.45) is 7.05 Å². The van der Waals surface area contributed by atoms with Gasteiger partial charge >= 0.3 is 0 Å². The Bertz CT molecular complexity index is 648. The number of ether oxygens (including phenoxy) is 1. The van der Waals surface area contributed by atoms with Crippen molar-refractivity contribution in [1.29, 1.82) is 0 Å². The van der Waals surface area contributed by atoms with Gasteiger partial charge in [-0.1, -0.05) is 23.9 Å². The smallest absolute Gasteiger partial charge is 0.251 e. The first-order valence-electron chi connectivity index (χ1n) is 7.81. The number of aromatic nitrogens is 2. The molecule has 0 radical (unpaired) electrons. The van der Waals surface area contributed by atoms with E-state index < -0.39 is 0 Å². The Hall–Kier alpha value is -1.79. The molecule has 0 spiro atoms. The van der Waals surface area contributed by atoms with Crippen LogP contribution < -0.4 is 5.32 Å². The lowest BCUT2D eigenvalue weighted by Crippen LogP contribution is -2.31. The summed E-state index contributed by atoms with van der Waals surface area (Å²) in [5.41, 5.74) is 1.86. The lowest BCUT2D eigenvalue weighted by Gasteiger charge is -2.11. The van der Waals surface area contributed by atoms with Gasteiger partial charge in [-0.2, -0.15) is 0 Å². The van der Waals surface area contributed by atoms with E-state index in [1.54, 1.807) is 18.0 Å². The number of aryl methyl sites for hydroxylation is 1. The molecule has 0 aliphatic carbocycles. The number of hydrogen-bond acceptors (Lipinski definition) is 4. The van der Waals surface area contributed by atoms with E-state index in [0.717, 1.165) is 30.4 Å². The Labute approximate surface area is 140 Å². The highest BCUT2D eigenvalue weighted by atomic mass is 32.2. The van der Waals surface area contributed by atoms with Crippen molar-refractivity contribution in [2.75, 3.05) is 13.2 Å². The van der Waals surface area contributed by atoms with Gasteiger partial charge in [0.1, 0.15) is 0 Å². The van der Waals surface area contributed by atoms with E-state index in [2.05, 4.69) is 10.3 Å². The molecule has 1 N–H and O–H groups in total. The molecule has 23 heavy (non-hydrogen) atoms. The number of benzene rings is 1. The monoisotopic (exact) mass is 331 g/mol. The molecule has 2 heterocycles. The molecule has 1 fully saturated rings. The second-order valence-electron chi connectivity index (χ2n) is 5.65. The maximum Gasteiger partial charge on any atom is 0.251 e. The summed E-state index contributed by atoms with van der Waals surface area (Å²) < 4.78 is 7.51. The zero-order valence-corrected chi connectivity index (χ0v) is 14.0. The molecule has 0 bridgehead atoms. The molecule has 6 heteroatoms. The Morgan fingerprint density at radius 2 is 2.26 bits per heavy atom. The lowest BCUT2D eigenvalue weighted by atomic mass is 10.1. The number of carbonyl (C=O) groups is 1. The molecular formula is C17H21N3O2S. The van der Waals surface area contributed by atoms with Gasteiger partial charge in [-0.15, -0.1) is 0 Å². The van der Waals surface area contributed by atoms with E-state index in [-0.39, 0.29) is 12.0 Å². The van der Waals surface area contributed by atoms with Crippen LogP contribution in [0.15, 0.2) is 41.8 Å². The average molecular weight is 331 g/mol. The Morgan fingerprint density at radius 3 is 2.91 bits per heavy atom. The molecular weight excluding hydrogens is 310 g/mol. The summed E-state index contributed by atoms with van der Waals surface area (Å²) in [7, 11) is 1.98. The van der Waals surface area contributed by atoms with Crippen LogP contribution in [0.25, 0.3) is 0 Å². The third-order valence-electron chi connectivity index (χ3n) is 3.88. The van der Waals surface area contributed by atoms with Gasteiger partial charge in [-0.25, -0.2) is 4.98 Å². The number of nitrogens with zero attached hydrogens (tertiary/aromatic N) is 2. The van der Waals surface area contributed by atoms with Crippen LogP contribution in [0, 0.1) is 0 Å². The third kappa shape index (κ3) is 4.36. The molecule has 1 aliphatic rings. The number of rotatable bonds is 6. The second kappa shape index (κ2) is 7.66. The molecule has 1 unspecified atom stereocenters. The van der Waals surface area contributed by atoms with Gasteiger partial charge in [-0.3, -0.25) is 4.79 Å². The van der Waals surface area contributed by atoms with Gasteiger partial charge in [0.25, 0.3) is 5.91 Å². The van der Waals surface area contributed by atoms with Crippen molar-refractivity contribution in [3.05, 3.63) is 47.8 Å².